The van der Waals surface area contributed by atoms with Gasteiger partial charge in [0.25, 0.3) is 0 Å². The van der Waals surface area contributed by atoms with E-state index in [-0.39, 0.29) is 21.0 Å². The van der Waals surface area contributed by atoms with Gasteiger partial charge in [-0.1, -0.05) is 0 Å². The summed E-state index contributed by atoms with van der Waals surface area (Å²) in [6.45, 7) is 12.5. The van der Waals surface area contributed by atoms with Gasteiger partial charge in [-0.25, -0.2) is 8.10 Å². The van der Waals surface area contributed by atoms with Gasteiger partial charge in [-0.05, 0) is 57.4 Å². The van der Waals surface area contributed by atoms with Crippen molar-refractivity contribution in [3.05, 3.63) is 39.6 Å². The van der Waals surface area contributed by atoms with E-state index in [1.54, 1.807) is 0 Å². The van der Waals surface area contributed by atoms with Gasteiger partial charge >= 0.3 is 0 Å². The molecule has 6 aliphatic rings. The quantitative estimate of drug-likeness (QED) is 0.252. The van der Waals surface area contributed by atoms with E-state index in [2.05, 4.69) is 54.2 Å². The summed E-state index contributed by atoms with van der Waals surface area (Å²) in [7, 11) is 0. The molecule has 2 atom stereocenters. The largest absolute Gasteiger partial charge is 0.378 e. The Hall–Kier alpha value is -1.21. The first-order valence-corrected chi connectivity index (χ1v) is 15.6. The van der Waals surface area contributed by atoms with E-state index in [1.165, 1.54) is 31.5 Å². The summed E-state index contributed by atoms with van der Waals surface area (Å²) in [6.07, 6.45) is 0. The van der Waals surface area contributed by atoms with E-state index < -0.39 is 0 Å². The second kappa shape index (κ2) is 9.92. The SMILES string of the molecule is c1cc2nc3ccc(=IN4CCN5CCOC[C@@H]5C4)cc-3sc2cc1N1CCN2CCOC[C@@H]2C1. The Balaban J connectivity index is 1.15. The summed E-state index contributed by atoms with van der Waals surface area (Å²) in [6, 6.07) is 14.9. The number of hydrogen-bond acceptors (Lipinski definition) is 8. The van der Waals surface area contributed by atoms with Crippen molar-refractivity contribution >= 4 is 48.2 Å². The number of morpholine rings is 2. The maximum atomic E-state index is 5.75. The number of rotatable bonds is 2. The lowest BCUT2D eigenvalue weighted by Crippen LogP contribution is -2.58. The molecule has 0 saturated carbocycles. The van der Waals surface area contributed by atoms with Gasteiger partial charge in [0.2, 0.25) is 0 Å². The monoisotopic (exact) mass is 605 g/mol. The van der Waals surface area contributed by atoms with Crippen LogP contribution in [0.5, 0.6) is 0 Å². The van der Waals surface area contributed by atoms with Crippen molar-refractivity contribution in [2.24, 2.45) is 0 Å². The number of ether oxygens (including phenoxy) is 2. The van der Waals surface area contributed by atoms with Crippen molar-refractivity contribution in [2.75, 3.05) is 83.7 Å². The Morgan fingerprint density at radius 1 is 0.829 bits per heavy atom. The smallest absolute Gasteiger partial charge is 0.0811 e. The molecule has 35 heavy (non-hydrogen) atoms. The highest BCUT2D eigenvalue weighted by Crippen LogP contribution is 2.34. The third-order valence-electron chi connectivity index (χ3n) is 7.73. The van der Waals surface area contributed by atoms with Crippen molar-refractivity contribution in [3.8, 4) is 10.6 Å². The molecule has 9 heteroatoms. The summed E-state index contributed by atoms with van der Waals surface area (Å²) < 4.78 is 17.0. The number of nitrogens with zero attached hydrogens (tertiary/aromatic N) is 5. The number of hydrogen-bond donors (Lipinski definition) is 0. The fourth-order valence-electron chi connectivity index (χ4n) is 5.74. The molecule has 4 saturated heterocycles. The summed E-state index contributed by atoms with van der Waals surface area (Å²) in [5.41, 5.74) is 3.53. The lowest BCUT2D eigenvalue weighted by molar-refractivity contribution is -0.0266. The molecule has 0 N–H and O–H groups in total. The van der Waals surface area contributed by atoms with Crippen LogP contribution in [-0.2, 0) is 9.47 Å². The van der Waals surface area contributed by atoms with E-state index in [1.807, 2.05) is 11.3 Å². The lowest BCUT2D eigenvalue weighted by atomic mass is 10.1. The molecule has 5 aliphatic heterocycles. The lowest BCUT2D eigenvalue weighted by Gasteiger charge is -2.44. The Labute approximate surface area is 220 Å². The highest BCUT2D eigenvalue weighted by atomic mass is 127. The van der Waals surface area contributed by atoms with Crippen LogP contribution in [-0.4, -0.2) is 109 Å². The predicted octanol–water partition coefficient (Wildman–Crippen LogP) is 3.36. The van der Waals surface area contributed by atoms with Crippen LogP contribution >= 0.6 is 32.3 Å². The Bertz CT molecular complexity index is 1250. The number of benzene rings is 2. The van der Waals surface area contributed by atoms with E-state index in [0.29, 0.717) is 12.1 Å². The van der Waals surface area contributed by atoms with Gasteiger partial charge in [0.1, 0.15) is 0 Å². The summed E-state index contributed by atoms with van der Waals surface area (Å²) >= 11 is 1.73. The third kappa shape index (κ3) is 4.76. The summed E-state index contributed by atoms with van der Waals surface area (Å²) in [5, 5.41) is 0. The topological polar surface area (TPSA) is 44.3 Å². The van der Waals surface area contributed by atoms with Crippen LogP contribution in [0.3, 0.4) is 0 Å². The zero-order valence-electron chi connectivity index (χ0n) is 19.9. The molecule has 0 amide bonds. The maximum Gasteiger partial charge on any atom is 0.0811 e. The molecule has 1 aliphatic carbocycles. The highest BCUT2D eigenvalue weighted by Gasteiger charge is 2.30. The van der Waals surface area contributed by atoms with E-state index in [0.717, 1.165) is 76.9 Å². The standard InChI is InChI=1S/C26H32IN5O2S/c1-3-23-25(13-19(1)27-32-8-7-30-10-12-34-18-22(30)16-32)35-26-14-20(2-4-24(26)28-23)31-6-5-29-9-11-33-17-21(29)15-31/h1-4,13-14,21-22H,5-12,15-18H2/t21-,22-/m0/s1. The zero-order valence-corrected chi connectivity index (χ0v) is 22.9. The fourth-order valence-corrected chi connectivity index (χ4v) is 9.68. The molecule has 0 aromatic heterocycles. The van der Waals surface area contributed by atoms with Gasteiger partial charge < -0.3 is 14.4 Å². The molecule has 7 rings (SSSR count). The maximum absolute atomic E-state index is 5.75. The van der Waals surface area contributed by atoms with Gasteiger partial charge in [0.15, 0.2) is 0 Å². The van der Waals surface area contributed by atoms with E-state index >= 15 is 0 Å². The second-order valence-corrected chi connectivity index (χ2v) is 14.1. The first kappa shape index (κ1) is 22.9. The van der Waals surface area contributed by atoms with Crippen molar-refractivity contribution < 1.29 is 9.47 Å². The number of halogens is 1. The van der Waals surface area contributed by atoms with Crippen LogP contribution in [0.2, 0.25) is 0 Å². The van der Waals surface area contributed by atoms with Crippen molar-refractivity contribution in [1.29, 1.82) is 0 Å². The van der Waals surface area contributed by atoms with Gasteiger partial charge in [0.05, 0.1) is 53.3 Å². The highest BCUT2D eigenvalue weighted by molar-refractivity contribution is 14.1. The van der Waals surface area contributed by atoms with Crippen LogP contribution in [0.15, 0.2) is 36.4 Å². The molecular weight excluding hydrogens is 573 g/mol. The molecule has 0 bridgehead atoms. The second-order valence-electron chi connectivity index (χ2n) is 9.91. The molecule has 1 aromatic carbocycles. The fraction of sp³-hybridized carbons (Fsp3) is 0.538. The molecule has 4 fully saturated rings. The van der Waals surface area contributed by atoms with Crippen molar-refractivity contribution in [2.45, 2.75) is 12.1 Å². The van der Waals surface area contributed by atoms with Crippen LogP contribution in [0.25, 0.3) is 20.8 Å². The van der Waals surface area contributed by atoms with Gasteiger partial charge in [-0.2, -0.15) is 0 Å². The average Bonchev–Trinajstić information content (AvgIpc) is 2.91. The minimum atomic E-state index is -0.167. The van der Waals surface area contributed by atoms with Gasteiger partial charge in [-0.15, -0.1) is 11.3 Å². The molecule has 5 heterocycles. The Kier molecular flexibility index (Phi) is 6.51. The minimum Gasteiger partial charge on any atom is -0.378 e. The summed E-state index contributed by atoms with van der Waals surface area (Å²) in [4.78, 5) is 14.0. The molecule has 7 nitrogen and oxygen atoms in total. The minimum absolute atomic E-state index is 0.167. The van der Waals surface area contributed by atoms with Crippen molar-refractivity contribution in [3.63, 3.8) is 0 Å². The van der Waals surface area contributed by atoms with Crippen LogP contribution in [0, 0.1) is 3.15 Å². The van der Waals surface area contributed by atoms with Crippen molar-refractivity contribution in [1.82, 2.24) is 17.9 Å². The normalized spacial score (nSPS) is 27.5. The number of piperazine rings is 2. The molecule has 0 radical (unpaired) electrons. The number of fused-ring (bicyclic) bond motifs is 4. The molecular formula is C26H32IN5O2S. The van der Waals surface area contributed by atoms with E-state index in [9.17, 15) is 0 Å². The zero-order chi connectivity index (χ0) is 23.2. The molecule has 0 unspecified atom stereocenters. The predicted molar refractivity (Wildman–Crippen MR) is 150 cm³/mol. The Morgan fingerprint density at radius 3 is 2.49 bits per heavy atom. The Morgan fingerprint density at radius 2 is 1.63 bits per heavy atom. The average molecular weight is 606 g/mol. The summed E-state index contributed by atoms with van der Waals surface area (Å²) in [5.74, 6) is 0. The molecule has 186 valence electrons. The number of anilines is 1. The van der Waals surface area contributed by atoms with Gasteiger partial charge in [-0.3, -0.25) is 9.80 Å². The molecule has 1 aromatic rings. The van der Waals surface area contributed by atoms with Gasteiger partial charge in [0, 0.05) is 67.2 Å². The van der Waals surface area contributed by atoms with Crippen LogP contribution in [0.1, 0.15) is 0 Å². The third-order valence-corrected chi connectivity index (χ3v) is 11.6. The first-order chi connectivity index (χ1) is 17.3. The number of aromatic nitrogens is 1. The molecule has 0 spiro atoms. The first-order valence-electron chi connectivity index (χ1n) is 12.7. The van der Waals surface area contributed by atoms with Crippen LogP contribution in [0.4, 0.5) is 5.69 Å². The van der Waals surface area contributed by atoms with Crippen LogP contribution < -0.4 is 4.90 Å². The van der Waals surface area contributed by atoms with E-state index in [4.69, 9.17) is 14.5 Å².